The molecule has 1 aromatic rings. The number of carbonyl (C=O) groups is 3. The monoisotopic (exact) mass is 554 g/mol. The molecule has 0 aromatic heterocycles. The van der Waals surface area contributed by atoms with Crippen molar-refractivity contribution in [3.8, 4) is 0 Å². The maximum Gasteiger partial charge on any atom is 0.224 e. The summed E-state index contributed by atoms with van der Waals surface area (Å²) in [5, 5.41) is 6.87. The molecule has 1 atom stereocenters. The maximum absolute atomic E-state index is 13.5. The topological polar surface area (TPSA) is 75.3 Å². The maximum atomic E-state index is 13.5. The molecule has 2 N–H and O–H groups in total. The van der Waals surface area contributed by atoms with Crippen molar-refractivity contribution in [2.45, 2.75) is 96.7 Å². The normalized spacial score (nSPS) is 21.5. The van der Waals surface area contributed by atoms with Crippen LogP contribution in [0.2, 0.25) is 0 Å². The van der Waals surface area contributed by atoms with E-state index in [9.17, 15) is 14.4 Å². The molecule has 0 bridgehead atoms. The van der Waals surface area contributed by atoms with Crippen LogP contribution in [-0.4, -0.2) is 28.5 Å². The van der Waals surface area contributed by atoms with Gasteiger partial charge in [-0.15, -0.1) is 0 Å². The van der Waals surface area contributed by atoms with Crippen molar-refractivity contribution in [1.29, 1.82) is 0 Å². The summed E-state index contributed by atoms with van der Waals surface area (Å²) in [6, 6.07) is 7.71. The van der Waals surface area contributed by atoms with Crippen LogP contribution in [0.5, 0.6) is 0 Å². The molecule has 1 amide bonds. The van der Waals surface area contributed by atoms with E-state index in [4.69, 9.17) is 0 Å². The van der Waals surface area contributed by atoms with E-state index in [-0.39, 0.29) is 34.2 Å². The van der Waals surface area contributed by atoms with E-state index in [1.54, 1.807) is 0 Å². The Morgan fingerprint density at radius 1 is 0.921 bits per heavy atom. The van der Waals surface area contributed by atoms with Gasteiger partial charge in [0.15, 0.2) is 11.6 Å². The number of allylic oxidation sites excluding steroid dienone is 4. The van der Waals surface area contributed by atoms with Gasteiger partial charge in [-0.05, 0) is 54.2 Å². The molecule has 1 heterocycles. The molecule has 0 saturated carbocycles. The number of nitrogens with one attached hydrogen (secondary N) is 2. The second kappa shape index (κ2) is 11.6. The van der Waals surface area contributed by atoms with E-state index in [2.05, 4.69) is 63.6 Å². The smallest absolute Gasteiger partial charge is 0.224 e. The van der Waals surface area contributed by atoms with Gasteiger partial charge in [0.25, 0.3) is 0 Å². The van der Waals surface area contributed by atoms with Crippen LogP contribution >= 0.6 is 25.3 Å². The van der Waals surface area contributed by atoms with Crippen LogP contribution in [0.15, 0.2) is 46.8 Å². The molecule has 1 aliphatic heterocycles. The summed E-state index contributed by atoms with van der Waals surface area (Å²) in [4.78, 5) is 39.4. The Labute approximate surface area is 238 Å². The van der Waals surface area contributed by atoms with E-state index >= 15 is 0 Å². The van der Waals surface area contributed by atoms with Crippen LogP contribution in [-0.2, 0) is 14.4 Å². The largest absolute Gasteiger partial charge is 0.362 e. The molecule has 0 radical (unpaired) electrons. The summed E-state index contributed by atoms with van der Waals surface area (Å²) in [5.41, 5.74) is 4.85. The van der Waals surface area contributed by atoms with E-state index in [0.29, 0.717) is 24.5 Å². The number of anilines is 1. The minimum Gasteiger partial charge on any atom is -0.362 e. The average Bonchev–Trinajstić information content (AvgIpc) is 2.81. The number of unbranched alkanes of at least 4 members (excludes halogenated alkanes) is 2. The third-order valence-corrected chi connectivity index (χ3v) is 9.07. The minimum atomic E-state index is -0.355. The highest BCUT2D eigenvalue weighted by atomic mass is 32.1. The second-order valence-electron chi connectivity index (χ2n) is 12.8. The summed E-state index contributed by atoms with van der Waals surface area (Å²) in [6.07, 6.45) is 6.91. The Hall–Kier alpha value is -1.99. The molecular formula is C31H42N2O3S2. The van der Waals surface area contributed by atoms with Crippen LogP contribution in [0, 0.1) is 10.8 Å². The van der Waals surface area contributed by atoms with Crippen LogP contribution in [0.25, 0.3) is 0 Å². The fourth-order valence-electron chi connectivity index (χ4n) is 6.14. The third-order valence-electron chi connectivity index (χ3n) is 7.90. The highest BCUT2D eigenvalue weighted by Gasteiger charge is 2.46. The lowest BCUT2D eigenvalue weighted by Crippen LogP contribution is -2.42. The number of amides is 1. The van der Waals surface area contributed by atoms with Crippen molar-refractivity contribution in [3.63, 3.8) is 0 Å². The Morgan fingerprint density at radius 3 is 2.00 bits per heavy atom. The highest BCUT2D eigenvalue weighted by Crippen LogP contribution is 2.51. The first-order valence-electron chi connectivity index (χ1n) is 13.9. The Balaban J connectivity index is 1.52. The van der Waals surface area contributed by atoms with Gasteiger partial charge in [0.1, 0.15) is 0 Å². The fraction of sp³-hybridized carbons (Fsp3) is 0.581. The molecule has 5 nitrogen and oxygen atoms in total. The molecule has 0 saturated heterocycles. The number of hydrogen-bond donors (Lipinski definition) is 4. The molecule has 1 aromatic carbocycles. The number of rotatable bonds is 9. The molecule has 206 valence electrons. The zero-order chi connectivity index (χ0) is 27.7. The standard InChI is InChI=1S/C31H42N2O3S2/c1-30(2)14-22-28(24(34)16-30)27(29-23(33-22)15-31(3,4)17-25(29)35)19-10-12-20(13-11-19)32-26(36)9-7-5-6-8-21(38)18-37/h10-13,21,27,33,37-38H,5-9,14-18H2,1-4H3,(H,32,36). The predicted molar refractivity (Wildman–Crippen MR) is 161 cm³/mol. The number of Topliss-reactive ketones (excluding diaryl/α,β-unsaturated/α-hetero) is 2. The number of benzene rings is 1. The number of dihydropyridines is 1. The number of ketones is 2. The number of hydrogen-bond acceptors (Lipinski definition) is 6. The third kappa shape index (κ3) is 6.77. The minimum absolute atomic E-state index is 0.000559. The molecule has 0 spiro atoms. The summed E-state index contributed by atoms with van der Waals surface area (Å²) in [7, 11) is 0. The van der Waals surface area contributed by atoms with Crippen molar-refractivity contribution >= 4 is 48.4 Å². The number of thiol groups is 2. The Bertz CT molecular complexity index is 1110. The molecule has 0 fully saturated rings. The predicted octanol–water partition coefficient (Wildman–Crippen LogP) is 6.78. The summed E-state index contributed by atoms with van der Waals surface area (Å²) < 4.78 is 0. The zero-order valence-electron chi connectivity index (χ0n) is 23.2. The summed E-state index contributed by atoms with van der Waals surface area (Å²) in [6.45, 7) is 8.51. The Morgan fingerprint density at radius 2 is 1.47 bits per heavy atom. The van der Waals surface area contributed by atoms with Crippen LogP contribution in [0.3, 0.4) is 0 Å². The Kier molecular flexibility index (Phi) is 8.88. The SMILES string of the molecule is CC1(C)CC(=O)C2=C(C1)NC1=C(C(=O)CC(C)(C)C1)C2c1ccc(NC(=O)CCCCCC(S)CS)cc1. The van der Waals surface area contributed by atoms with Crippen LogP contribution in [0.4, 0.5) is 5.69 Å². The van der Waals surface area contributed by atoms with E-state index in [0.717, 1.165) is 78.1 Å². The first kappa shape index (κ1) is 29.0. The summed E-state index contributed by atoms with van der Waals surface area (Å²) >= 11 is 8.71. The van der Waals surface area contributed by atoms with Gasteiger partial charge in [-0.3, -0.25) is 14.4 Å². The lowest BCUT2D eigenvalue weighted by atomic mass is 9.64. The van der Waals surface area contributed by atoms with Gasteiger partial charge in [-0.2, -0.15) is 25.3 Å². The quantitative estimate of drug-likeness (QED) is 0.201. The van der Waals surface area contributed by atoms with Gasteiger partial charge in [0, 0.05) is 64.4 Å². The molecular weight excluding hydrogens is 512 g/mol. The summed E-state index contributed by atoms with van der Waals surface area (Å²) in [5.74, 6) is 0.654. The molecule has 7 heteroatoms. The van der Waals surface area contributed by atoms with E-state index < -0.39 is 0 Å². The van der Waals surface area contributed by atoms with Gasteiger partial charge in [-0.1, -0.05) is 52.7 Å². The molecule has 4 rings (SSSR count). The lowest BCUT2D eigenvalue weighted by Gasteiger charge is -2.44. The zero-order valence-corrected chi connectivity index (χ0v) is 24.9. The molecule has 2 aliphatic carbocycles. The first-order valence-corrected chi connectivity index (χ1v) is 15.0. The second-order valence-corrected chi connectivity index (χ2v) is 13.9. The van der Waals surface area contributed by atoms with Crippen molar-refractivity contribution in [3.05, 3.63) is 52.4 Å². The fourth-order valence-corrected chi connectivity index (χ4v) is 6.50. The number of carbonyl (C=O) groups excluding carboxylic acids is 3. The van der Waals surface area contributed by atoms with Crippen molar-refractivity contribution in [2.24, 2.45) is 10.8 Å². The van der Waals surface area contributed by atoms with Crippen molar-refractivity contribution in [1.82, 2.24) is 5.32 Å². The molecule has 38 heavy (non-hydrogen) atoms. The van der Waals surface area contributed by atoms with Gasteiger partial charge in [0.2, 0.25) is 5.91 Å². The molecule has 3 aliphatic rings. The first-order chi connectivity index (χ1) is 17.9. The van der Waals surface area contributed by atoms with E-state index in [1.807, 2.05) is 24.3 Å². The van der Waals surface area contributed by atoms with Gasteiger partial charge < -0.3 is 10.6 Å². The van der Waals surface area contributed by atoms with Gasteiger partial charge >= 0.3 is 0 Å². The van der Waals surface area contributed by atoms with Gasteiger partial charge in [-0.25, -0.2) is 0 Å². The average molecular weight is 555 g/mol. The van der Waals surface area contributed by atoms with Crippen molar-refractivity contribution in [2.75, 3.05) is 11.1 Å². The highest BCUT2D eigenvalue weighted by molar-refractivity contribution is 7.84. The lowest BCUT2D eigenvalue weighted by molar-refractivity contribution is -0.119. The van der Waals surface area contributed by atoms with E-state index in [1.165, 1.54) is 0 Å². The van der Waals surface area contributed by atoms with Gasteiger partial charge in [0.05, 0.1) is 0 Å². The van der Waals surface area contributed by atoms with Crippen LogP contribution in [0.1, 0.15) is 97.0 Å². The van der Waals surface area contributed by atoms with Crippen molar-refractivity contribution < 1.29 is 14.4 Å². The molecule has 1 unspecified atom stereocenters. The van der Waals surface area contributed by atoms with Crippen LogP contribution < -0.4 is 10.6 Å².